The number of hydrogen-bond donors (Lipinski definition) is 24. The number of rotatable bonds is 40. The van der Waals surface area contributed by atoms with Crippen LogP contribution in [0.25, 0.3) is 0 Å². The Labute approximate surface area is 616 Å². The quantitative estimate of drug-likeness (QED) is 0.0236. The molecule has 0 saturated heterocycles. The summed E-state index contributed by atoms with van der Waals surface area (Å²) in [6.45, 7) is -9.05. The molecule has 0 aliphatic rings. The summed E-state index contributed by atoms with van der Waals surface area (Å²) in [5, 5.41) is 75.5. The summed E-state index contributed by atoms with van der Waals surface area (Å²) in [4.78, 5) is 0. The molecule has 0 aliphatic carbocycles. The van der Waals surface area contributed by atoms with Crippen molar-refractivity contribution in [3.8, 4) is 46.0 Å². The smallest absolute Gasteiger partial charge is 0.293 e. The lowest BCUT2D eigenvalue weighted by Gasteiger charge is -2.09. The minimum Gasteiger partial charge on any atom is -0.508 e. The van der Waals surface area contributed by atoms with Crippen LogP contribution in [0.1, 0.15) is 110 Å². The van der Waals surface area contributed by atoms with E-state index >= 15 is 0 Å². The second-order valence-corrected chi connectivity index (χ2v) is 19.0. The van der Waals surface area contributed by atoms with Crippen molar-refractivity contribution in [2.75, 3.05) is 109 Å². The van der Waals surface area contributed by atoms with Gasteiger partial charge in [-0.1, -0.05) is 97.1 Å². The van der Waals surface area contributed by atoms with Crippen LogP contribution in [-0.2, 0) is 0 Å². The first-order valence-electron chi connectivity index (χ1n) is 44.6. The Balaban J connectivity index is 0.000000755. The van der Waals surface area contributed by atoms with Gasteiger partial charge in [0.2, 0.25) is 11.4 Å². The first-order chi connectivity index (χ1) is 61.8. The molecule has 0 bridgehead atoms. The van der Waals surface area contributed by atoms with E-state index in [4.69, 9.17) is 50.6 Å². The first kappa shape index (κ1) is 42.9. The van der Waals surface area contributed by atoms with Crippen LogP contribution in [0.15, 0.2) is 194 Å². The van der Waals surface area contributed by atoms with Gasteiger partial charge in [0.25, 0.3) is 11.4 Å². The lowest BCUT2D eigenvalue weighted by Crippen LogP contribution is -2.16. The Morgan fingerprint density at radius 2 is 0.469 bits per heavy atom. The first-order valence-corrected chi connectivity index (χ1v) is 28.5. The highest BCUT2D eigenvalue weighted by atomic mass is 16.3. The second-order valence-electron chi connectivity index (χ2n) is 19.0. The Kier molecular flexibility index (Phi) is 22.8. The molecule has 96 heavy (non-hydrogen) atoms. The Hall–Kier alpha value is -8.48. The van der Waals surface area contributed by atoms with Crippen molar-refractivity contribution in [3.63, 3.8) is 0 Å². The third kappa shape index (κ3) is 37.6. The highest BCUT2D eigenvalue weighted by Crippen LogP contribution is 2.23. The zero-order valence-electron chi connectivity index (χ0n) is 89.7. The van der Waals surface area contributed by atoms with Crippen LogP contribution in [0.5, 0.6) is 46.0 Å². The van der Waals surface area contributed by atoms with Crippen molar-refractivity contribution in [3.05, 3.63) is 239 Å². The highest BCUT2D eigenvalue weighted by molar-refractivity contribution is 5.34. The fraction of sp³-hybridized carbons (Fsp3) is 0.333. The summed E-state index contributed by atoms with van der Waals surface area (Å²) in [6.07, 6.45) is -11.7. The highest BCUT2D eigenvalue weighted by Gasteiger charge is 2.12. The number of benzene rings is 8. The standard InChI is InChI=1S/8C9H13NO2/c8*1-10-6-9(12)7-3-2-4-8(11)5-7/h8*2-5,9-12H,6H2,1H3/t4*9-;;;;/m0000..../s1/i6D2,9D,12D;9D,12D;6D2,12D;12D;6D2,9D,12D;9D,12D;6D2,12D;12D/hD16. The van der Waals surface area contributed by atoms with Gasteiger partial charge in [-0.2, -0.15) is 0 Å². The number of likely N-dealkylation sites (N-methyl/N-ethyl adjacent to an activating group) is 8. The molecule has 24 heteroatoms. The van der Waals surface area contributed by atoms with E-state index in [1.165, 1.54) is 124 Å². The molecule has 0 spiro atoms. The molecule has 0 radical (unpaired) electrons. The molecule has 0 fully saturated rings. The predicted molar refractivity (Wildman–Crippen MR) is 376 cm³/mol. The maximum atomic E-state index is 7.95. The van der Waals surface area contributed by atoms with E-state index in [1.54, 1.807) is 123 Å². The number of aliphatic hydroxyl groups excluding tert-OH is 4. The molecule has 0 aliphatic heterocycles. The van der Waals surface area contributed by atoms with Gasteiger partial charge in [-0.05, 0) is 198 Å². The molecule has 8 atom stereocenters. The number of phenolic OH excluding ortho intramolecular Hbond substituents is 8. The van der Waals surface area contributed by atoms with Gasteiger partial charge >= 0.3 is 0 Å². The van der Waals surface area contributed by atoms with Crippen molar-refractivity contribution in [2.45, 2.75) is 48.7 Å². The van der Waals surface area contributed by atoms with Gasteiger partial charge < -0.3 is 124 Å². The largest absolute Gasteiger partial charge is 0.508 e. The van der Waals surface area contributed by atoms with Gasteiger partial charge in [0.05, 0.1) is 54.2 Å². The third-order valence-corrected chi connectivity index (χ3v) is 11.5. The van der Waals surface area contributed by atoms with Gasteiger partial charge in [-0.15, -0.1) is 0 Å². The zero-order valence-corrected chi connectivity index (χ0v) is 53.7. The normalized spacial score (nSPS) is 20.1. The average Bonchev–Trinajstić information content (AvgIpc) is 0.766. The number of aromatic hydroxyl groups is 8. The van der Waals surface area contributed by atoms with Crippen LogP contribution in [0.4, 0.5) is 0 Å². The van der Waals surface area contributed by atoms with Gasteiger partial charge in [0.15, 0.2) is 0 Å². The zero-order chi connectivity index (χ0) is 101. The summed E-state index contributed by atoms with van der Waals surface area (Å²) < 4.78 is 261. The molecule has 8 aromatic carbocycles. The van der Waals surface area contributed by atoms with Crippen LogP contribution in [0.3, 0.4) is 0 Å². The number of hydrogen-bond acceptors (Lipinski definition) is 24. The molecular weight excluding hydrogens is 1230 g/mol. The van der Waals surface area contributed by atoms with Crippen molar-refractivity contribution < 1.29 is 109 Å². The fourth-order valence-electron chi connectivity index (χ4n) is 7.13. The number of nitrogens with one attached hydrogen (secondary N) is 8. The minimum atomic E-state index is -2.56. The topological polar surface area (TPSA) is 420 Å². The molecule has 0 saturated carbocycles. The Morgan fingerprint density at radius 1 is 0.260 bits per heavy atom. The van der Waals surface area contributed by atoms with Crippen molar-refractivity contribution >= 4 is 0 Å². The molecule has 0 aromatic heterocycles. The van der Waals surface area contributed by atoms with E-state index in [9.17, 15) is 0 Å². The molecule has 24 nitrogen and oxygen atoms in total. The van der Waals surface area contributed by atoms with E-state index in [2.05, 4.69) is 81.7 Å². The summed E-state index contributed by atoms with van der Waals surface area (Å²) in [5.74, 6) is 1.91. The van der Waals surface area contributed by atoms with Gasteiger partial charge in [-0.3, -0.25) is 0 Å². The summed E-state index contributed by atoms with van der Waals surface area (Å²) in [5.41, 5.74) is 2.78. The molecule has 24 N–H and O–H groups in total. The maximum absolute atomic E-state index is 7.95. The monoisotopic (exact) mass is 1370 g/mol. The van der Waals surface area contributed by atoms with Crippen LogP contribution < -0.4 is 42.5 Å². The number of phenols is 8. The van der Waals surface area contributed by atoms with Gasteiger partial charge in [0.1, 0.15) is 57.3 Å². The molecule has 8 rings (SSSR count). The molecule has 0 amide bonds. The third-order valence-electron chi connectivity index (χ3n) is 11.5. The van der Waals surface area contributed by atoms with Gasteiger partial charge in [-0.25, -0.2) is 0 Å². The van der Waals surface area contributed by atoms with Crippen LogP contribution in [0.2, 0.25) is 11.3 Å². The minimum absolute atomic E-state index is 0.0219. The van der Waals surface area contributed by atoms with Crippen molar-refractivity contribution in [1.82, 2.24) is 42.5 Å². The van der Waals surface area contributed by atoms with Crippen molar-refractivity contribution in [1.29, 1.82) is 22.9 Å². The van der Waals surface area contributed by atoms with E-state index in [0.717, 1.165) is 24.7 Å². The van der Waals surface area contributed by atoms with E-state index in [1.807, 2.05) is 0 Å². The average molecular weight is 1370 g/mol. The summed E-state index contributed by atoms with van der Waals surface area (Å²) in [6, 6.07) is 48.9. The molecule has 4 unspecified atom stereocenters. The second kappa shape index (κ2) is 50.9. The summed E-state index contributed by atoms with van der Waals surface area (Å²) in [7, 11) is 10.8. The van der Waals surface area contributed by atoms with E-state index in [-0.39, 0.29) is 71.8 Å². The van der Waals surface area contributed by atoms with Crippen LogP contribution in [0, 0.1) is 0 Å². The maximum Gasteiger partial charge on any atom is 0.293 e. The van der Waals surface area contributed by atoms with E-state index < -0.39 is 74.7 Å². The Morgan fingerprint density at radius 3 is 0.667 bits per heavy atom. The molecule has 528 valence electrons. The number of aliphatic hydroxyl groups is 8. The SMILES string of the molecule is [2H]Oc1cccc(C(CN([2H])C)O[2H])c1.[2H]Oc1cccc(C(O[2H])C([2H])([2H])N([2H])C)c1.[2H]Oc1cccc(C([2H])(CN([2H])C)O[2H])c1.[2H]Oc1cccc(C([2H])(O[2H])C([2H])([2H])N([2H])C)c1.[2H]Oc1cccc([C@@H](O[2H])C([2H])([2H])N([2H])C)c1.[2H]Oc1cccc([C@@]([2H])(O[2H])C([2H])([2H])N([2H])C)c1.[2H]Oc1cccc([C@H](CN([2H])C)O[2H])c1.[2H]Oc1cccc([C@]([2H])(CN([2H])C)O[2H])c1. The van der Waals surface area contributed by atoms with Crippen LogP contribution >= 0.6 is 0 Å². The lowest BCUT2D eigenvalue weighted by atomic mass is 10.1. The summed E-state index contributed by atoms with van der Waals surface area (Å²) >= 11 is 0. The van der Waals surface area contributed by atoms with Crippen LogP contribution in [-0.4, -0.2) is 213 Å². The molecule has 0 heterocycles. The fourth-order valence-corrected chi connectivity index (χ4v) is 7.13. The lowest BCUT2D eigenvalue weighted by molar-refractivity contribution is 0.177. The molecule has 8 aromatic rings. The van der Waals surface area contributed by atoms with Crippen molar-refractivity contribution in [2.24, 2.45) is 0 Å². The van der Waals surface area contributed by atoms with E-state index in [0.29, 0.717) is 66.1 Å². The van der Waals surface area contributed by atoms with Gasteiger partial charge in [0, 0.05) is 63.1 Å². The predicted octanol–water partition coefficient (Wildman–Crippen LogP) is 5.16. The molecular formula is C72H104N8O16. The Bertz CT molecular complexity index is 4290.